The minimum Gasteiger partial charge on any atom is -0.444 e. The summed E-state index contributed by atoms with van der Waals surface area (Å²) in [5.41, 5.74) is 1.93. The molecule has 0 bridgehead atoms. The Balaban J connectivity index is 1.75. The smallest absolute Gasteiger partial charge is 0.412 e. The zero-order valence-electron chi connectivity index (χ0n) is 11.6. The fourth-order valence-corrected chi connectivity index (χ4v) is 2.05. The van der Waals surface area contributed by atoms with E-state index in [1.54, 1.807) is 18.3 Å². The second-order valence-corrected chi connectivity index (χ2v) is 4.63. The largest absolute Gasteiger partial charge is 0.444 e. The normalized spacial score (nSPS) is 10.4. The highest BCUT2D eigenvalue weighted by molar-refractivity contribution is 5.95. The fourth-order valence-electron chi connectivity index (χ4n) is 2.05. The molecule has 1 amide bonds. The van der Waals surface area contributed by atoms with Crippen molar-refractivity contribution in [3.05, 3.63) is 70.6 Å². The molecule has 0 saturated carbocycles. The molecule has 1 aromatic carbocycles. The van der Waals surface area contributed by atoms with E-state index in [9.17, 15) is 9.59 Å². The van der Waals surface area contributed by atoms with Gasteiger partial charge in [-0.05, 0) is 17.7 Å². The number of aromatic nitrogens is 2. The summed E-state index contributed by atoms with van der Waals surface area (Å²) < 4.78 is 5.13. The standard InChI is InChI=1S/C16H13N3O3/c20-14-9-13(15-12(18-14)7-4-8-17-15)19-16(21)22-10-11-5-2-1-3-6-11/h1-9H,10H2,(H2,18,19,20,21). The van der Waals surface area contributed by atoms with E-state index < -0.39 is 6.09 Å². The highest BCUT2D eigenvalue weighted by atomic mass is 16.5. The number of rotatable bonds is 3. The van der Waals surface area contributed by atoms with Gasteiger partial charge in [-0.25, -0.2) is 4.79 Å². The number of fused-ring (bicyclic) bond motifs is 1. The van der Waals surface area contributed by atoms with E-state index >= 15 is 0 Å². The molecule has 3 aromatic rings. The minimum absolute atomic E-state index is 0.154. The maximum Gasteiger partial charge on any atom is 0.412 e. The summed E-state index contributed by atoms with van der Waals surface area (Å²) in [5.74, 6) is 0. The average molecular weight is 295 g/mol. The summed E-state index contributed by atoms with van der Waals surface area (Å²) in [5, 5.41) is 2.55. The van der Waals surface area contributed by atoms with Crippen molar-refractivity contribution in [1.29, 1.82) is 0 Å². The van der Waals surface area contributed by atoms with Crippen LogP contribution in [-0.4, -0.2) is 16.1 Å². The highest BCUT2D eigenvalue weighted by Gasteiger charge is 2.09. The van der Waals surface area contributed by atoms with E-state index in [0.717, 1.165) is 5.56 Å². The van der Waals surface area contributed by atoms with Crippen LogP contribution in [0.5, 0.6) is 0 Å². The number of amides is 1. The van der Waals surface area contributed by atoms with Gasteiger partial charge in [-0.15, -0.1) is 0 Å². The van der Waals surface area contributed by atoms with Crippen LogP contribution in [0.1, 0.15) is 5.56 Å². The van der Waals surface area contributed by atoms with Crippen LogP contribution in [0.4, 0.5) is 10.5 Å². The molecule has 0 atom stereocenters. The SMILES string of the molecule is O=C(Nc1cc(=O)[nH]c2cccnc12)OCc1ccccc1. The Kier molecular flexibility index (Phi) is 3.82. The van der Waals surface area contributed by atoms with Crippen LogP contribution in [0.2, 0.25) is 0 Å². The predicted octanol–water partition coefficient (Wildman–Crippen LogP) is 2.67. The Bertz CT molecular complexity index is 859. The molecular formula is C16H13N3O3. The number of ether oxygens (including phenoxy) is 1. The first-order valence-corrected chi connectivity index (χ1v) is 6.68. The number of hydrogen-bond donors (Lipinski definition) is 2. The lowest BCUT2D eigenvalue weighted by atomic mass is 10.2. The molecule has 110 valence electrons. The molecule has 2 N–H and O–H groups in total. The van der Waals surface area contributed by atoms with Crippen LogP contribution in [-0.2, 0) is 11.3 Å². The van der Waals surface area contributed by atoms with Crippen LogP contribution in [0.3, 0.4) is 0 Å². The van der Waals surface area contributed by atoms with Gasteiger partial charge in [0.15, 0.2) is 0 Å². The lowest BCUT2D eigenvalue weighted by molar-refractivity contribution is 0.155. The van der Waals surface area contributed by atoms with Gasteiger partial charge in [0.1, 0.15) is 12.1 Å². The second-order valence-electron chi connectivity index (χ2n) is 4.63. The topological polar surface area (TPSA) is 84.1 Å². The van der Waals surface area contributed by atoms with E-state index in [2.05, 4.69) is 15.3 Å². The molecule has 22 heavy (non-hydrogen) atoms. The molecule has 0 fully saturated rings. The molecule has 2 aromatic heterocycles. The van der Waals surface area contributed by atoms with Crippen molar-refractivity contribution >= 4 is 22.8 Å². The average Bonchev–Trinajstić information content (AvgIpc) is 2.54. The van der Waals surface area contributed by atoms with Gasteiger partial charge in [-0.2, -0.15) is 0 Å². The number of anilines is 1. The minimum atomic E-state index is -0.638. The number of nitrogens with one attached hydrogen (secondary N) is 2. The highest BCUT2D eigenvalue weighted by Crippen LogP contribution is 2.16. The summed E-state index contributed by atoms with van der Waals surface area (Å²) in [6, 6.07) is 14.0. The summed E-state index contributed by atoms with van der Waals surface area (Å²) in [7, 11) is 0. The molecular weight excluding hydrogens is 282 g/mol. The quantitative estimate of drug-likeness (QED) is 0.778. The van der Waals surface area contributed by atoms with Crippen LogP contribution in [0.25, 0.3) is 11.0 Å². The molecule has 0 aliphatic rings. The molecule has 0 radical (unpaired) electrons. The van der Waals surface area contributed by atoms with Gasteiger partial charge < -0.3 is 9.72 Å². The molecule has 0 aliphatic carbocycles. The number of carbonyl (C=O) groups excluding carboxylic acids is 1. The van der Waals surface area contributed by atoms with E-state index in [-0.39, 0.29) is 12.2 Å². The second kappa shape index (κ2) is 6.09. The van der Waals surface area contributed by atoms with Gasteiger partial charge in [-0.3, -0.25) is 15.1 Å². The number of nitrogens with zero attached hydrogens (tertiary/aromatic N) is 1. The summed E-state index contributed by atoms with van der Waals surface area (Å²) in [4.78, 5) is 30.3. The lowest BCUT2D eigenvalue weighted by Crippen LogP contribution is -2.16. The van der Waals surface area contributed by atoms with Crippen molar-refractivity contribution in [1.82, 2.24) is 9.97 Å². The van der Waals surface area contributed by atoms with Crippen LogP contribution in [0, 0.1) is 0 Å². The van der Waals surface area contributed by atoms with Gasteiger partial charge in [-0.1, -0.05) is 30.3 Å². The maximum absolute atomic E-state index is 11.9. The lowest BCUT2D eigenvalue weighted by Gasteiger charge is -2.08. The van der Waals surface area contributed by atoms with Crippen LogP contribution in [0.15, 0.2) is 59.5 Å². The molecule has 6 nitrogen and oxygen atoms in total. The van der Waals surface area contributed by atoms with Gasteiger partial charge >= 0.3 is 6.09 Å². The molecule has 2 heterocycles. The van der Waals surface area contributed by atoms with Crippen molar-refractivity contribution in [2.45, 2.75) is 6.61 Å². The van der Waals surface area contributed by atoms with Crippen molar-refractivity contribution in [3.63, 3.8) is 0 Å². The van der Waals surface area contributed by atoms with E-state index in [0.29, 0.717) is 16.7 Å². The van der Waals surface area contributed by atoms with Gasteiger partial charge in [0.05, 0.1) is 11.2 Å². The molecule has 3 rings (SSSR count). The first-order valence-electron chi connectivity index (χ1n) is 6.68. The summed E-state index contributed by atoms with van der Waals surface area (Å²) >= 11 is 0. The van der Waals surface area contributed by atoms with Crippen molar-refractivity contribution < 1.29 is 9.53 Å². The van der Waals surface area contributed by atoms with Crippen LogP contribution >= 0.6 is 0 Å². The monoisotopic (exact) mass is 295 g/mol. The molecule has 0 spiro atoms. The van der Waals surface area contributed by atoms with Gasteiger partial charge in [0.25, 0.3) is 5.56 Å². The predicted molar refractivity (Wildman–Crippen MR) is 82.6 cm³/mol. The number of pyridine rings is 2. The third-order valence-corrected chi connectivity index (χ3v) is 3.05. The summed E-state index contributed by atoms with van der Waals surface area (Å²) in [6.45, 7) is 0.154. The number of aromatic amines is 1. The van der Waals surface area contributed by atoms with Crippen molar-refractivity contribution in [2.24, 2.45) is 0 Å². The van der Waals surface area contributed by atoms with Gasteiger partial charge in [0.2, 0.25) is 0 Å². The zero-order chi connectivity index (χ0) is 15.4. The zero-order valence-corrected chi connectivity index (χ0v) is 11.6. The van der Waals surface area contributed by atoms with E-state index in [1.807, 2.05) is 30.3 Å². The first-order chi connectivity index (χ1) is 10.7. The summed E-state index contributed by atoms with van der Waals surface area (Å²) in [6.07, 6.45) is 0.947. The maximum atomic E-state index is 11.9. The Hall–Kier alpha value is -3.15. The Morgan fingerprint density at radius 2 is 2.00 bits per heavy atom. The number of hydrogen-bond acceptors (Lipinski definition) is 4. The van der Waals surface area contributed by atoms with E-state index in [4.69, 9.17) is 4.74 Å². The van der Waals surface area contributed by atoms with Crippen molar-refractivity contribution in [3.8, 4) is 0 Å². The van der Waals surface area contributed by atoms with Crippen molar-refractivity contribution in [2.75, 3.05) is 5.32 Å². The molecule has 6 heteroatoms. The van der Waals surface area contributed by atoms with E-state index in [1.165, 1.54) is 6.07 Å². The van der Waals surface area contributed by atoms with Crippen LogP contribution < -0.4 is 10.9 Å². The third kappa shape index (κ3) is 3.12. The number of H-pyrrole nitrogens is 1. The van der Waals surface area contributed by atoms with Gasteiger partial charge in [0, 0.05) is 12.3 Å². The third-order valence-electron chi connectivity index (χ3n) is 3.05. The molecule has 0 unspecified atom stereocenters. The Morgan fingerprint density at radius 1 is 1.18 bits per heavy atom. The molecule has 0 saturated heterocycles. The first kappa shape index (κ1) is 13.8. The Morgan fingerprint density at radius 3 is 2.82 bits per heavy atom. The Labute approximate surface area is 125 Å². The number of benzene rings is 1. The molecule has 0 aliphatic heterocycles. The fraction of sp³-hybridized carbons (Fsp3) is 0.0625. The number of carbonyl (C=O) groups is 1.